The van der Waals surface area contributed by atoms with Crippen molar-refractivity contribution in [1.29, 1.82) is 0 Å². The molecule has 0 bridgehead atoms. The van der Waals surface area contributed by atoms with Crippen LogP contribution in [0.15, 0.2) is 36.2 Å². The second-order valence-electron chi connectivity index (χ2n) is 10.1. The Morgan fingerprint density at radius 1 is 1.12 bits per heavy atom. The van der Waals surface area contributed by atoms with Crippen molar-refractivity contribution < 1.29 is 9.53 Å². The third kappa shape index (κ3) is 4.67. The van der Waals surface area contributed by atoms with Gasteiger partial charge in [0, 0.05) is 29.1 Å². The van der Waals surface area contributed by atoms with Gasteiger partial charge in [0.1, 0.15) is 5.75 Å². The Kier molecular flexibility index (Phi) is 6.19. The second-order valence-corrected chi connectivity index (χ2v) is 10.1. The molecule has 0 radical (unpaired) electrons. The van der Waals surface area contributed by atoms with Crippen LogP contribution < -0.4 is 20.7 Å². The molecule has 1 aromatic heterocycles. The van der Waals surface area contributed by atoms with Crippen LogP contribution in [-0.2, 0) is 4.79 Å². The highest BCUT2D eigenvalue weighted by atomic mass is 16.5. The highest BCUT2D eigenvalue weighted by Crippen LogP contribution is 2.40. The molecular formula is C27H36N4O2. The number of amides is 1. The number of aromatic amines is 1. The lowest BCUT2D eigenvalue weighted by molar-refractivity contribution is -0.116. The number of piperidine rings is 1. The molecule has 6 nitrogen and oxygen atoms in total. The van der Waals surface area contributed by atoms with E-state index >= 15 is 0 Å². The molecule has 1 amide bonds. The van der Waals surface area contributed by atoms with E-state index in [1.807, 2.05) is 13.1 Å². The van der Waals surface area contributed by atoms with Crippen molar-refractivity contribution in [2.45, 2.75) is 64.5 Å². The lowest BCUT2D eigenvalue weighted by Gasteiger charge is -2.31. The number of H-pyrrole nitrogens is 1. The minimum Gasteiger partial charge on any atom is -0.493 e. The molecule has 1 saturated heterocycles. The van der Waals surface area contributed by atoms with E-state index in [1.54, 1.807) is 0 Å². The summed E-state index contributed by atoms with van der Waals surface area (Å²) in [6, 6.07) is 8.82. The minimum absolute atomic E-state index is 0.00446. The van der Waals surface area contributed by atoms with Crippen molar-refractivity contribution in [1.82, 2.24) is 20.9 Å². The molecule has 4 N–H and O–H groups in total. The third-order valence-corrected chi connectivity index (χ3v) is 7.16. The van der Waals surface area contributed by atoms with Gasteiger partial charge < -0.3 is 25.7 Å². The van der Waals surface area contributed by atoms with Crippen LogP contribution in [0.25, 0.3) is 5.57 Å². The lowest BCUT2D eigenvalue weighted by atomic mass is 9.88. The predicted molar refractivity (Wildman–Crippen MR) is 131 cm³/mol. The van der Waals surface area contributed by atoms with Crippen LogP contribution in [-0.4, -0.2) is 36.6 Å². The Morgan fingerprint density at radius 3 is 2.64 bits per heavy atom. The largest absolute Gasteiger partial charge is 0.493 e. The second kappa shape index (κ2) is 9.26. The van der Waals surface area contributed by atoms with Gasteiger partial charge >= 0.3 is 0 Å². The third-order valence-electron chi connectivity index (χ3n) is 7.16. The van der Waals surface area contributed by atoms with Gasteiger partial charge in [-0.25, -0.2) is 0 Å². The van der Waals surface area contributed by atoms with Crippen LogP contribution in [0.2, 0.25) is 0 Å². The minimum atomic E-state index is -0.0606. The number of rotatable bonds is 7. The molecule has 1 aromatic carbocycles. The molecule has 5 rings (SSSR count). The molecule has 176 valence electrons. The van der Waals surface area contributed by atoms with E-state index in [2.05, 4.69) is 59.0 Å². The Labute approximate surface area is 196 Å². The Bertz CT molecular complexity index is 1040. The molecule has 2 aliphatic heterocycles. The van der Waals surface area contributed by atoms with Crippen LogP contribution in [0.5, 0.6) is 5.75 Å². The van der Waals surface area contributed by atoms with E-state index in [0.29, 0.717) is 17.4 Å². The summed E-state index contributed by atoms with van der Waals surface area (Å²) < 4.78 is 6.30. The van der Waals surface area contributed by atoms with E-state index in [9.17, 15) is 4.79 Å². The monoisotopic (exact) mass is 448 g/mol. The molecular weight excluding hydrogens is 412 g/mol. The number of allylic oxidation sites excluding steroid dienone is 1. The van der Waals surface area contributed by atoms with Crippen molar-refractivity contribution in [3.63, 3.8) is 0 Å². The fraction of sp³-hybridized carbons (Fsp3) is 0.519. The molecule has 0 spiro atoms. The zero-order valence-electron chi connectivity index (χ0n) is 20.0. The number of nitrogens with one attached hydrogen (secondary N) is 4. The highest BCUT2D eigenvalue weighted by Gasteiger charge is 2.33. The van der Waals surface area contributed by atoms with E-state index in [0.717, 1.165) is 60.8 Å². The lowest BCUT2D eigenvalue weighted by Crippen LogP contribution is -2.44. The van der Waals surface area contributed by atoms with Gasteiger partial charge in [-0.05, 0) is 81.3 Å². The fourth-order valence-corrected chi connectivity index (χ4v) is 4.92. The zero-order valence-corrected chi connectivity index (χ0v) is 20.0. The van der Waals surface area contributed by atoms with Crippen LogP contribution in [0, 0.1) is 5.92 Å². The van der Waals surface area contributed by atoms with Gasteiger partial charge in [0.2, 0.25) is 0 Å². The van der Waals surface area contributed by atoms with Crippen LogP contribution in [0.4, 0.5) is 0 Å². The average Bonchev–Trinajstić information content (AvgIpc) is 3.52. The first-order valence-corrected chi connectivity index (χ1v) is 12.4. The van der Waals surface area contributed by atoms with Gasteiger partial charge in [0.25, 0.3) is 5.91 Å². The normalized spacial score (nSPS) is 21.0. The molecule has 1 aliphatic carbocycles. The standard InChI is InChI=1S/C27H36N4O2/c1-16(2)19-6-7-23(33-15-18-4-5-18)22(14-19)25-21-10-13-29-26(21)24(17(3)30-25)27(32)31-20-8-11-28-12-9-20/h6-7,10,13-14,16,18,20,25,28-30H,4-5,8-9,11-12,15H2,1-3H3,(H,31,32). The number of carbonyl (C=O) groups is 1. The summed E-state index contributed by atoms with van der Waals surface area (Å²) in [6.07, 6.45) is 6.40. The van der Waals surface area contributed by atoms with Gasteiger partial charge in [-0.15, -0.1) is 0 Å². The molecule has 1 atom stereocenters. The highest BCUT2D eigenvalue weighted by molar-refractivity contribution is 6.20. The molecule has 1 saturated carbocycles. The smallest absolute Gasteiger partial charge is 0.255 e. The number of benzene rings is 1. The maximum atomic E-state index is 13.3. The van der Waals surface area contributed by atoms with Gasteiger partial charge in [0.05, 0.1) is 23.9 Å². The number of ether oxygens (including phenoxy) is 1. The summed E-state index contributed by atoms with van der Waals surface area (Å²) in [5.74, 6) is 2.05. The van der Waals surface area contributed by atoms with Crippen LogP contribution in [0.1, 0.15) is 80.8 Å². The Balaban J connectivity index is 1.46. The molecule has 2 fully saturated rings. The molecule has 3 heterocycles. The van der Waals surface area contributed by atoms with Crippen molar-refractivity contribution in [2.24, 2.45) is 5.92 Å². The first-order chi connectivity index (χ1) is 16.0. The molecule has 6 heteroatoms. The van der Waals surface area contributed by atoms with E-state index in [4.69, 9.17) is 4.74 Å². The summed E-state index contributed by atoms with van der Waals surface area (Å²) in [4.78, 5) is 16.7. The molecule has 2 aromatic rings. The SMILES string of the molecule is CC1=C(C(=O)NC2CCNCC2)c2[nH]ccc2C(c2cc(C(C)C)ccc2OCC2CC2)N1. The number of fused-ring (bicyclic) bond motifs is 1. The quantitative estimate of drug-likeness (QED) is 0.512. The summed E-state index contributed by atoms with van der Waals surface area (Å²) in [6.45, 7) is 9.12. The Hall–Kier alpha value is -2.73. The number of hydrogen-bond acceptors (Lipinski definition) is 4. The van der Waals surface area contributed by atoms with Gasteiger partial charge in [-0.3, -0.25) is 4.79 Å². The van der Waals surface area contributed by atoms with Gasteiger partial charge in [-0.1, -0.05) is 19.9 Å². The summed E-state index contributed by atoms with van der Waals surface area (Å²) in [7, 11) is 0. The number of carbonyl (C=O) groups excluding carboxylic acids is 1. The first-order valence-electron chi connectivity index (χ1n) is 12.4. The molecule has 3 aliphatic rings. The fourth-order valence-electron chi connectivity index (χ4n) is 4.92. The predicted octanol–water partition coefficient (Wildman–Crippen LogP) is 4.22. The maximum Gasteiger partial charge on any atom is 0.255 e. The Morgan fingerprint density at radius 2 is 1.91 bits per heavy atom. The van der Waals surface area contributed by atoms with E-state index in [1.165, 1.54) is 18.4 Å². The summed E-state index contributed by atoms with van der Waals surface area (Å²) in [5.41, 5.74) is 6.03. The van der Waals surface area contributed by atoms with Gasteiger partial charge in [0.15, 0.2) is 0 Å². The summed E-state index contributed by atoms with van der Waals surface area (Å²) in [5, 5.41) is 10.3. The maximum absolute atomic E-state index is 13.3. The van der Waals surface area contributed by atoms with Crippen molar-refractivity contribution in [3.8, 4) is 5.75 Å². The summed E-state index contributed by atoms with van der Waals surface area (Å²) >= 11 is 0. The van der Waals surface area contributed by atoms with Crippen molar-refractivity contribution in [3.05, 3.63) is 58.5 Å². The van der Waals surface area contributed by atoms with E-state index < -0.39 is 0 Å². The average molecular weight is 449 g/mol. The molecule has 1 unspecified atom stereocenters. The van der Waals surface area contributed by atoms with Gasteiger partial charge in [-0.2, -0.15) is 0 Å². The van der Waals surface area contributed by atoms with Crippen LogP contribution in [0.3, 0.4) is 0 Å². The zero-order chi connectivity index (χ0) is 22.9. The molecule has 33 heavy (non-hydrogen) atoms. The number of aromatic nitrogens is 1. The topological polar surface area (TPSA) is 78.2 Å². The van der Waals surface area contributed by atoms with Crippen molar-refractivity contribution >= 4 is 11.5 Å². The number of hydrogen-bond donors (Lipinski definition) is 4. The van der Waals surface area contributed by atoms with Crippen LogP contribution >= 0.6 is 0 Å². The van der Waals surface area contributed by atoms with Crippen molar-refractivity contribution in [2.75, 3.05) is 19.7 Å². The van der Waals surface area contributed by atoms with E-state index in [-0.39, 0.29) is 18.0 Å². The first kappa shape index (κ1) is 22.1.